The Bertz CT molecular complexity index is 720. The van der Waals surface area contributed by atoms with Gasteiger partial charge in [-0.05, 0) is 49.8 Å². The molecule has 1 aromatic rings. The number of rotatable bonds is 5. The third-order valence-corrected chi connectivity index (χ3v) is 4.73. The van der Waals surface area contributed by atoms with Gasteiger partial charge in [-0.25, -0.2) is 10.9 Å². The van der Waals surface area contributed by atoms with Crippen molar-refractivity contribution >= 4 is 18.0 Å². The molecule has 0 bridgehead atoms. The molecule has 0 radical (unpaired) electrons. The van der Waals surface area contributed by atoms with Gasteiger partial charge in [-0.15, -0.1) is 0 Å². The molecule has 0 unspecified atom stereocenters. The van der Waals surface area contributed by atoms with E-state index in [2.05, 4.69) is 31.3 Å². The third-order valence-electron chi connectivity index (χ3n) is 4.73. The molecule has 25 heavy (non-hydrogen) atoms. The largest absolute Gasteiger partial charge is 0.288 e. The number of amides is 2. The molecule has 1 aromatic carbocycles. The molecule has 0 aromatic heterocycles. The van der Waals surface area contributed by atoms with Crippen molar-refractivity contribution in [2.45, 2.75) is 46.5 Å². The minimum absolute atomic E-state index is 0.171. The lowest BCUT2D eigenvalue weighted by molar-refractivity contribution is 0.0706. The van der Waals surface area contributed by atoms with Crippen LogP contribution in [0.15, 0.2) is 40.5 Å². The van der Waals surface area contributed by atoms with E-state index in [1.54, 1.807) is 23.8 Å². The molecule has 6 nitrogen and oxygen atoms in total. The van der Waals surface area contributed by atoms with E-state index < -0.39 is 11.8 Å². The zero-order valence-electron chi connectivity index (χ0n) is 14.9. The first-order chi connectivity index (χ1) is 11.8. The zero-order valence-corrected chi connectivity index (χ0v) is 14.9. The third kappa shape index (κ3) is 4.76. The minimum atomic E-state index is -0.667. The van der Waals surface area contributed by atoms with E-state index in [0.717, 1.165) is 6.42 Å². The molecule has 0 heterocycles. The maximum absolute atomic E-state index is 12.1. The van der Waals surface area contributed by atoms with Crippen molar-refractivity contribution in [2.75, 3.05) is 0 Å². The van der Waals surface area contributed by atoms with Gasteiger partial charge < -0.3 is 0 Å². The van der Waals surface area contributed by atoms with E-state index >= 15 is 0 Å². The maximum atomic E-state index is 12.1. The molecule has 2 rings (SSSR count). The number of hydrazone groups is 1. The van der Waals surface area contributed by atoms with Crippen molar-refractivity contribution in [1.82, 2.24) is 10.9 Å². The highest BCUT2D eigenvalue weighted by molar-refractivity contribution is 5.99. The Balaban J connectivity index is 1.98. The van der Waals surface area contributed by atoms with E-state index in [1.807, 2.05) is 0 Å². The first kappa shape index (κ1) is 18.9. The highest BCUT2D eigenvalue weighted by Crippen LogP contribution is 2.41. The second kappa shape index (κ2) is 8.07. The van der Waals surface area contributed by atoms with E-state index in [0.29, 0.717) is 12.0 Å². The fourth-order valence-corrected chi connectivity index (χ4v) is 3.30. The fourth-order valence-electron chi connectivity index (χ4n) is 3.30. The van der Waals surface area contributed by atoms with Crippen LogP contribution in [0, 0.1) is 5.41 Å². The van der Waals surface area contributed by atoms with Gasteiger partial charge in [-0.2, -0.15) is 5.10 Å². The van der Waals surface area contributed by atoms with Gasteiger partial charge in [-0.3, -0.25) is 14.8 Å². The molecule has 0 spiro atoms. The normalized spacial score (nSPS) is 16.8. The second-order valence-corrected chi connectivity index (χ2v) is 6.97. The molecule has 3 N–H and O–H groups in total. The molecule has 1 aliphatic carbocycles. The van der Waals surface area contributed by atoms with Crippen LogP contribution in [0.5, 0.6) is 0 Å². The van der Waals surface area contributed by atoms with Gasteiger partial charge in [0.25, 0.3) is 11.8 Å². The molecule has 1 aliphatic rings. The molecule has 6 heteroatoms. The number of benzene rings is 1. The molecule has 2 amide bonds. The number of hydroxylamine groups is 1. The average molecular weight is 343 g/mol. The summed E-state index contributed by atoms with van der Waals surface area (Å²) in [7, 11) is 0. The van der Waals surface area contributed by atoms with E-state index in [-0.39, 0.29) is 11.0 Å². The van der Waals surface area contributed by atoms with Crippen LogP contribution < -0.4 is 10.9 Å². The predicted molar refractivity (Wildman–Crippen MR) is 96.6 cm³/mol. The molecule has 0 saturated heterocycles. The van der Waals surface area contributed by atoms with Gasteiger partial charge in [-0.1, -0.05) is 31.1 Å². The zero-order chi connectivity index (χ0) is 18.4. The number of allylic oxidation sites excluding steroid dienone is 2. The number of carbonyl (C=O) groups excluding carboxylic acids is 2. The van der Waals surface area contributed by atoms with E-state index in [1.165, 1.54) is 36.1 Å². The molecule has 0 saturated carbocycles. The van der Waals surface area contributed by atoms with Crippen LogP contribution in [0.1, 0.15) is 67.2 Å². The lowest BCUT2D eigenvalue weighted by Gasteiger charge is -2.34. The number of hydrogen-bond acceptors (Lipinski definition) is 4. The van der Waals surface area contributed by atoms with E-state index in [4.69, 9.17) is 5.21 Å². The number of nitrogens with one attached hydrogen (secondary N) is 2. The Kier molecular flexibility index (Phi) is 6.09. The minimum Gasteiger partial charge on any atom is -0.288 e. The standard InChI is InChI=1S/C19H25N3O3/c1-13-6-5-10-19(2,3)16(13)9-11-20-21-17(23)14-7-4-8-15(12-14)18(24)22-25/h4,7-8,11-12,25H,5-6,9-10H2,1-3H3,(H,21,23)(H,22,24)/b20-11+. The molecule has 0 atom stereocenters. The van der Waals surface area contributed by atoms with Crippen LogP contribution in [0.25, 0.3) is 0 Å². The van der Waals surface area contributed by atoms with Crippen LogP contribution in [0.3, 0.4) is 0 Å². The summed E-state index contributed by atoms with van der Waals surface area (Å²) in [5, 5.41) is 12.7. The van der Waals surface area contributed by atoms with Crippen LogP contribution in [0.4, 0.5) is 0 Å². The van der Waals surface area contributed by atoms with Gasteiger partial charge in [0.2, 0.25) is 0 Å². The second-order valence-electron chi connectivity index (χ2n) is 6.97. The first-order valence-corrected chi connectivity index (χ1v) is 8.40. The summed E-state index contributed by atoms with van der Waals surface area (Å²) in [5.74, 6) is -1.07. The van der Waals surface area contributed by atoms with Gasteiger partial charge in [0.05, 0.1) is 0 Å². The molecular formula is C19H25N3O3. The van der Waals surface area contributed by atoms with Gasteiger partial charge in [0.1, 0.15) is 0 Å². The molecule has 134 valence electrons. The fraction of sp³-hybridized carbons (Fsp3) is 0.421. The number of hydrogen-bond donors (Lipinski definition) is 3. The Labute approximate surface area is 148 Å². The quantitative estimate of drug-likeness (QED) is 0.331. The summed E-state index contributed by atoms with van der Waals surface area (Å²) in [4.78, 5) is 23.5. The molecular weight excluding hydrogens is 318 g/mol. The molecule has 0 aliphatic heterocycles. The van der Waals surface area contributed by atoms with Crippen molar-refractivity contribution < 1.29 is 14.8 Å². The summed E-state index contributed by atoms with van der Waals surface area (Å²) < 4.78 is 0. The van der Waals surface area contributed by atoms with Gasteiger partial charge in [0, 0.05) is 23.8 Å². The highest BCUT2D eigenvalue weighted by atomic mass is 16.5. The Morgan fingerprint density at radius 3 is 2.60 bits per heavy atom. The van der Waals surface area contributed by atoms with Crippen molar-refractivity contribution in [3.05, 3.63) is 46.5 Å². The SMILES string of the molecule is CC1=C(C/C=N/NC(=O)c2cccc(C(=O)NO)c2)C(C)(C)CCC1. The number of carbonyl (C=O) groups is 2. The van der Waals surface area contributed by atoms with Crippen molar-refractivity contribution in [1.29, 1.82) is 0 Å². The summed E-state index contributed by atoms with van der Waals surface area (Å²) >= 11 is 0. The Morgan fingerprint density at radius 2 is 1.96 bits per heavy atom. The van der Waals surface area contributed by atoms with Crippen molar-refractivity contribution in [3.63, 3.8) is 0 Å². The van der Waals surface area contributed by atoms with E-state index in [9.17, 15) is 9.59 Å². The van der Waals surface area contributed by atoms with Crippen LogP contribution in [0.2, 0.25) is 0 Å². The van der Waals surface area contributed by atoms with Crippen LogP contribution >= 0.6 is 0 Å². The highest BCUT2D eigenvalue weighted by Gasteiger charge is 2.27. The summed E-state index contributed by atoms with van der Waals surface area (Å²) in [6.07, 6.45) is 5.94. The summed E-state index contributed by atoms with van der Waals surface area (Å²) in [5.41, 5.74) is 7.49. The predicted octanol–water partition coefficient (Wildman–Crippen LogP) is 3.44. The van der Waals surface area contributed by atoms with Crippen LogP contribution in [-0.2, 0) is 0 Å². The first-order valence-electron chi connectivity index (χ1n) is 8.40. The lowest BCUT2D eigenvalue weighted by Crippen LogP contribution is -2.22. The maximum Gasteiger partial charge on any atom is 0.274 e. The monoisotopic (exact) mass is 343 g/mol. The van der Waals surface area contributed by atoms with Crippen molar-refractivity contribution in [2.24, 2.45) is 10.5 Å². The smallest absolute Gasteiger partial charge is 0.274 e. The average Bonchev–Trinajstić information content (AvgIpc) is 2.59. The summed E-state index contributed by atoms with van der Waals surface area (Å²) in [6, 6.07) is 6.05. The van der Waals surface area contributed by atoms with Gasteiger partial charge in [0.15, 0.2) is 0 Å². The molecule has 0 fully saturated rings. The van der Waals surface area contributed by atoms with Crippen molar-refractivity contribution in [3.8, 4) is 0 Å². The van der Waals surface area contributed by atoms with Crippen LogP contribution in [-0.4, -0.2) is 23.2 Å². The Hall–Kier alpha value is -2.47. The Morgan fingerprint density at radius 1 is 1.28 bits per heavy atom. The van der Waals surface area contributed by atoms with Gasteiger partial charge >= 0.3 is 0 Å². The summed E-state index contributed by atoms with van der Waals surface area (Å²) in [6.45, 7) is 6.66. The topological polar surface area (TPSA) is 90.8 Å². The lowest BCUT2D eigenvalue weighted by atomic mass is 9.72. The number of nitrogens with zero attached hydrogens (tertiary/aromatic N) is 1.